The maximum absolute atomic E-state index is 13.1. The lowest BCUT2D eigenvalue weighted by Gasteiger charge is -2.39. The minimum absolute atomic E-state index is 0.0995. The quantitative estimate of drug-likeness (QED) is 0.155. The van der Waals surface area contributed by atoms with Gasteiger partial charge in [0.05, 0.1) is 33.2 Å². The molecule has 0 radical (unpaired) electrons. The number of ketones is 1. The summed E-state index contributed by atoms with van der Waals surface area (Å²) in [4.78, 5) is 30.9. The Morgan fingerprint density at radius 3 is 2.52 bits per heavy atom. The van der Waals surface area contributed by atoms with E-state index >= 15 is 0 Å². The van der Waals surface area contributed by atoms with Gasteiger partial charge in [-0.15, -0.1) is 0 Å². The number of carbonyl (C=O) groups excluding carboxylic acids is 1. The lowest BCUT2D eigenvalue weighted by molar-refractivity contribution is -0.912. The molecule has 4 heterocycles. The highest BCUT2D eigenvalue weighted by atomic mass is 16.4. The van der Waals surface area contributed by atoms with Gasteiger partial charge < -0.3 is 18.7 Å². The summed E-state index contributed by atoms with van der Waals surface area (Å²) in [6.07, 6.45) is 11.5. The van der Waals surface area contributed by atoms with E-state index in [-0.39, 0.29) is 11.3 Å². The number of likely N-dealkylation sites (N-methyl/N-ethyl adjacent to an activating group) is 2. The molecule has 3 aliphatic rings. The summed E-state index contributed by atoms with van der Waals surface area (Å²) >= 11 is 0. The van der Waals surface area contributed by atoms with Crippen LogP contribution in [-0.4, -0.2) is 63.1 Å². The number of carbonyl (C=O) groups is 1. The fourth-order valence-corrected chi connectivity index (χ4v) is 7.01. The summed E-state index contributed by atoms with van der Waals surface area (Å²) in [5.74, 6) is -0.318. The van der Waals surface area contributed by atoms with Crippen LogP contribution in [0.1, 0.15) is 66.1 Å². The van der Waals surface area contributed by atoms with E-state index < -0.39 is 5.63 Å². The smallest absolute Gasteiger partial charge is 0.347 e. The zero-order valence-corrected chi connectivity index (χ0v) is 24.1. The Labute approximate surface area is 237 Å². The van der Waals surface area contributed by atoms with Crippen molar-refractivity contribution >= 4 is 34.2 Å². The van der Waals surface area contributed by atoms with E-state index in [2.05, 4.69) is 42.0 Å². The molecule has 0 saturated carbocycles. The Kier molecular flexibility index (Phi) is 7.54. The SMILES string of the molecule is CCN(CC[N+]1(C)CCCCC1)c1ccc(C=CC(=O)c2cc3cc4c5c(c3oc2=O)CCCN5CCC4)cc1. The number of rotatable bonds is 8. The van der Waals surface area contributed by atoms with Gasteiger partial charge in [-0.25, -0.2) is 4.79 Å². The average Bonchev–Trinajstić information content (AvgIpc) is 2.97. The Bertz CT molecular complexity index is 1480. The summed E-state index contributed by atoms with van der Waals surface area (Å²) in [6, 6.07) is 12.2. The average molecular weight is 541 g/mol. The van der Waals surface area contributed by atoms with Gasteiger partial charge in [0.2, 0.25) is 0 Å². The molecule has 0 atom stereocenters. The van der Waals surface area contributed by atoms with Crippen molar-refractivity contribution in [1.29, 1.82) is 0 Å². The second kappa shape index (κ2) is 11.2. The van der Waals surface area contributed by atoms with Crippen LogP contribution in [0, 0.1) is 0 Å². The zero-order valence-electron chi connectivity index (χ0n) is 24.1. The van der Waals surface area contributed by atoms with Crippen molar-refractivity contribution in [2.45, 2.75) is 51.9 Å². The normalized spacial score (nSPS) is 18.2. The van der Waals surface area contributed by atoms with Crippen molar-refractivity contribution < 1.29 is 13.7 Å². The van der Waals surface area contributed by atoms with E-state index in [4.69, 9.17) is 4.42 Å². The third-order valence-corrected chi connectivity index (χ3v) is 9.35. The molecule has 6 nitrogen and oxygen atoms in total. The molecule has 40 heavy (non-hydrogen) atoms. The van der Waals surface area contributed by atoms with Gasteiger partial charge in [0.15, 0.2) is 5.78 Å². The van der Waals surface area contributed by atoms with Gasteiger partial charge in [0, 0.05) is 42.0 Å². The largest absolute Gasteiger partial charge is 0.422 e. The van der Waals surface area contributed by atoms with Crippen molar-refractivity contribution in [1.82, 2.24) is 0 Å². The van der Waals surface area contributed by atoms with E-state index in [0.29, 0.717) is 5.58 Å². The first-order valence-corrected chi connectivity index (χ1v) is 15.2. The second-order valence-electron chi connectivity index (χ2n) is 12.1. The highest BCUT2D eigenvalue weighted by Crippen LogP contribution is 2.39. The van der Waals surface area contributed by atoms with Gasteiger partial charge in [-0.3, -0.25) is 4.79 Å². The van der Waals surface area contributed by atoms with Crippen LogP contribution in [0.25, 0.3) is 17.0 Å². The molecule has 1 aromatic heterocycles. The molecule has 0 N–H and O–H groups in total. The predicted molar refractivity (Wildman–Crippen MR) is 164 cm³/mol. The van der Waals surface area contributed by atoms with E-state index in [0.717, 1.165) is 68.4 Å². The molecule has 3 aromatic rings. The number of allylic oxidation sites excluding steroid dienone is 1. The van der Waals surface area contributed by atoms with Crippen LogP contribution in [0.15, 0.2) is 51.7 Å². The molecule has 0 aliphatic carbocycles. The molecule has 0 unspecified atom stereocenters. The van der Waals surface area contributed by atoms with Crippen LogP contribution in [-0.2, 0) is 12.8 Å². The third kappa shape index (κ3) is 5.34. The number of fused-ring (bicyclic) bond motifs is 2. The highest BCUT2D eigenvalue weighted by Gasteiger charge is 2.28. The number of anilines is 2. The number of likely N-dealkylation sites (tertiary alicyclic amines) is 1. The molecule has 210 valence electrons. The van der Waals surface area contributed by atoms with Gasteiger partial charge in [0.25, 0.3) is 0 Å². The maximum Gasteiger partial charge on any atom is 0.347 e. The minimum Gasteiger partial charge on any atom is -0.422 e. The lowest BCUT2D eigenvalue weighted by Crippen LogP contribution is -2.51. The summed E-state index contributed by atoms with van der Waals surface area (Å²) in [5, 5.41) is 0.860. The van der Waals surface area contributed by atoms with Crippen LogP contribution >= 0.6 is 0 Å². The molecular formula is C34H42N3O3+. The number of nitrogens with zero attached hydrogens (tertiary/aromatic N) is 3. The summed E-state index contributed by atoms with van der Waals surface area (Å²) in [6.45, 7) is 10.1. The number of piperidine rings is 1. The monoisotopic (exact) mass is 540 g/mol. The molecule has 0 bridgehead atoms. The van der Waals surface area contributed by atoms with Crippen molar-refractivity contribution in [3.05, 3.63) is 75.1 Å². The van der Waals surface area contributed by atoms with Crippen molar-refractivity contribution in [3.63, 3.8) is 0 Å². The molecule has 2 aromatic carbocycles. The van der Waals surface area contributed by atoms with Gasteiger partial charge in [-0.05, 0) is 93.3 Å². The Balaban J connectivity index is 1.17. The van der Waals surface area contributed by atoms with Gasteiger partial charge in [0.1, 0.15) is 11.1 Å². The van der Waals surface area contributed by atoms with Crippen LogP contribution in [0.3, 0.4) is 0 Å². The number of benzene rings is 2. The number of hydrogen-bond donors (Lipinski definition) is 0. The van der Waals surface area contributed by atoms with E-state index in [1.54, 1.807) is 12.1 Å². The maximum atomic E-state index is 13.1. The summed E-state index contributed by atoms with van der Waals surface area (Å²) in [7, 11) is 2.39. The first kappa shape index (κ1) is 26.8. The molecule has 1 fully saturated rings. The molecule has 6 heteroatoms. The van der Waals surface area contributed by atoms with E-state index in [1.165, 1.54) is 66.4 Å². The van der Waals surface area contributed by atoms with Crippen LogP contribution in [0.5, 0.6) is 0 Å². The van der Waals surface area contributed by atoms with Gasteiger partial charge in [-0.1, -0.05) is 18.2 Å². The standard InChI is InChI=1S/C34H42N3O3/c1-3-35(19-22-37(2)20-5-4-6-21-37)28-14-11-25(12-15-28)13-16-31(38)30-24-27-23-26-9-7-17-36-18-8-10-29(32(26)36)33(27)40-34(30)39/h11-16,23-24H,3-10,17-22H2,1-2H3/q+1. The fourth-order valence-electron chi connectivity index (χ4n) is 7.01. The molecule has 0 amide bonds. The van der Waals surface area contributed by atoms with Crippen LogP contribution in [0.4, 0.5) is 11.4 Å². The third-order valence-electron chi connectivity index (χ3n) is 9.35. The Morgan fingerprint density at radius 1 is 1.02 bits per heavy atom. The zero-order chi connectivity index (χ0) is 27.7. The highest BCUT2D eigenvalue weighted by molar-refractivity contribution is 6.08. The summed E-state index contributed by atoms with van der Waals surface area (Å²) < 4.78 is 6.99. The van der Waals surface area contributed by atoms with Crippen molar-refractivity contribution in [2.75, 3.05) is 62.7 Å². The van der Waals surface area contributed by atoms with Gasteiger partial charge in [-0.2, -0.15) is 0 Å². The fraction of sp³-hybridized carbons (Fsp3) is 0.471. The molecular weight excluding hydrogens is 498 g/mol. The second-order valence-corrected chi connectivity index (χ2v) is 12.1. The van der Waals surface area contributed by atoms with E-state index in [1.807, 2.05) is 12.1 Å². The molecule has 1 saturated heterocycles. The van der Waals surface area contributed by atoms with Crippen LogP contribution in [0.2, 0.25) is 0 Å². The van der Waals surface area contributed by atoms with Crippen LogP contribution < -0.4 is 15.4 Å². The first-order chi connectivity index (χ1) is 19.4. The molecule has 0 spiro atoms. The molecule has 6 rings (SSSR count). The topological polar surface area (TPSA) is 53.8 Å². The van der Waals surface area contributed by atoms with Crippen molar-refractivity contribution in [3.8, 4) is 0 Å². The van der Waals surface area contributed by atoms with Crippen molar-refractivity contribution in [2.24, 2.45) is 0 Å². The summed E-state index contributed by atoms with van der Waals surface area (Å²) in [5.41, 5.74) is 6.06. The first-order valence-electron chi connectivity index (χ1n) is 15.2. The predicted octanol–water partition coefficient (Wildman–Crippen LogP) is 5.84. The Morgan fingerprint density at radius 2 is 1.77 bits per heavy atom. The lowest BCUT2D eigenvalue weighted by atomic mass is 9.90. The van der Waals surface area contributed by atoms with Gasteiger partial charge >= 0.3 is 5.63 Å². The number of aryl methyl sites for hydroxylation is 2. The molecule has 3 aliphatic heterocycles. The Hall–Kier alpha value is -3.38. The van der Waals surface area contributed by atoms with E-state index in [9.17, 15) is 9.59 Å². The number of hydrogen-bond acceptors (Lipinski definition) is 5. The minimum atomic E-state index is -0.551. The number of quaternary nitrogens is 1.